The first kappa shape index (κ1) is 20.3. The molecule has 1 aliphatic rings. The number of carbonyl (C=O) groups is 3. The SMILES string of the molecule is C[C@]1(CCc2ccccc2)NC(=O)N(NC(=O)Cn2cnc3ccccc3c2=O)C1=O. The summed E-state index contributed by atoms with van der Waals surface area (Å²) in [4.78, 5) is 54.3. The van der Waals surface area contributed by atoms with Crippen LogP contribution in [0.3, 0.4) is 0 Å². The number of hydrazine groups is 1. The quantitative estimate of drug-likeness (QED) is 0.586. The number of amides is 4. The number of nitrogens with one attached hydrogen (secondary N) is 2. The van der Waals surface area contributed by atoms with E-state index in [2.05, 4.69) is 15.7 Å². The molecule has 0 spiro atoms. The molecule has 4 amide bonds. The van der Waals surface area contributed by atoms with Crippen LogP contribution < -0.4 is 16.3 Å². The van der Waals surface area contributed by atoms with Crippen LogP contribution in [0.5, 0.6) is 0 Å². The summed E-state index contributed by atoms with van der Waals surface area (Å²) in [5, 5.41) is 3.70. The molecule has 1 aromatic heterocycles. The summed E-state index contributed by atoms with van der Waals surface area (Å²) in [5.41, 5.74) is 2.34. The molecule has 2 N–H and O–H groups in total. The lowest BCUT2D eigenvalue weighted by Crippen LogP contribution is -2.50. The molecule has 1 saturated heterocycles. The van der Waals surface area contributed by atoms with Crippen molar-refractivity contribution < 1.29 is 14.4 Å². The van der Waals surface area contributed by atoms with Gasteiger partial charge in [0, 0.05) is 0 Å². The number of imide groups is 1. The summed E-state index contributed by atoms with van der Waals surface area (Å²) in [6.45, 7) is 1.24. The topological polar surface area (TPSA) is 113 Å². The van der Waals surface area contributed by atoms with Gasteiger partial charge in [0.2, 0.25) is 0 Å². The molecule has 0 aliphatic carbocycles. The van der Waals surface area contributed by atoms with Crippen LogP contribution >= 0.6 is 0 Å². The van der Waals surface area contributed by atoms with E-state index < -0.39 is 23.4 Å². The van der Waals surface area contributed by atoms with Crippen molar-refractivity contribution in [2.45, 2.75) is 31.8 Å². The molecule has 0 bridgehead atoms. The lowest BCUT2D eigenvalue weighted by atomic mass is 9.93. The molecule has 158 valence electrons. The third-order valence-electron chi connectivity index (χ3n) is 5.30. The van der Waals surface area contributed by atoms with E-state index in [1.807, 2.05) is 30.3 Å². The molecule has 1 aliphatic heterocycles. The normalized spacial score (nSPS) is 18.3. The first-order chi connectivity index (χ1) is 14.9. The molecule has 31 heavy (non-hydrogen) atoms. The van der Waals surface area contributed by atoms with Gasteiger partial charge >= 0.3 is 6.03 Å². The van der Waals surface area contributed by atoms with Crippen LogP contribution in [0.1, 0.15) is 18.9 Å². The highest BCUT2D eigenvalue weighted by atomic mass is 16.2. The maximum absolute atomic E-state index is 12.8. The summed E-state index contributed by atoms with van der Waals surface area (Å²) in [6, 6.07) is 15.7. The summed E-state index contributed by atoms with van der Waals surface area (Å²) < 4.78 is 1.13. The van der Waals surface area contributed by atoms with E-state index >= 15 is 0 Å². The van der Waals surface area contributed by atoms with Crippen LogP contribution in [0, 0.1) is 0 Å². The summed E-state index contributed by atoms with van der Waals surface area (Å²) >= 11 is 0. The van der Waals surface area contributed by atoms with Gasteiger partial charge in [-0.2, -0.15) is 5.01 Å². The second-order valence-corrected chi connectivity index (χ2v) is 7.62. The molecule has 3 aromatic rings. The highest BCUT2D eigenvalue weighted by Crippen LogP contribution is 2.22. The van der Waals surface area contributed by atoms with Crippen LogP contribution in [0.25, 0.3) is 10.9 Å². The number of urea groups is 1. The molecule has 4 rings (SSSR count). The van der Waals surface area contributed by atoms with Crippen molar-refractivity contribution >= 4 is 28.7 Å². The van der Waals surface area contributed by atoms with Gasteiger partial charge in [0.05, 0.1) is 17.2 Å². The Balaban J connectivity index is 1.43. The number of nitrogens with zero attached hydrogens (tertiary/aromatic N) is 3. The predicted octanol–water partition coefficient (Wildman–Crippen LogP) is 1.37. The number of rotatable bonds is 6. The van der Waals surface area contributed by atoms with E-state index in [1.54, 1.807) is 31.2 Å². The van der Waals surface area contributed by atoms with Gasteiger partial charge in [-0.05, 0) is 37.5 Å². The van der Waals surface area contributed by atoms with Crippen LogP contribution in [-0.2, 0) is 22.6 Å². The minimum atomic E-state index is -1.14. The van der Waals surface area contributed by atoms with Gasteiger partial charge in [0.15, 0.2) is 0 Å². The summed E-state index contributed by atoms with van der Waals surface area (Å²) in [7, 11) is 0. The zero-order chi connectivity index (χ0) is 22.0. The number of fused-ring (bicyclic) bond motifs is 1. The molecule has 2 aromatic carbocycles. The number of carbonyl (C=O) groups excluding carboxylic acids is 3. The van der Waals surface area contributed by atoms with Crippen molar-refractivity contribution in [1.82, 2.24) is 25.3 Å². The largest absolute Gasteiger partial charge is 0.344 e. The lowest BCUT2D eigenvalue weighted by molar-refractivity contribution is -0.139. The Bertz CT molecular complexity index is 1220. The van der Waals surface area contributed by atoms with Crippen LogP contribution in [-0.4, -0.2) is 37.9 Å². The van der Waals surface area contributed by atoms with Gasteiger partial charge in [-0.25, -0.2) is 9.78 Å². The molecule has 1 atom stereocenters. The molecular formula is C22H21N5O4. The lowest BCUT2D eigenvalue weighted by Gasteiger charge is -2.21. The molecule has 9 heteroatoms. The standard InChI is InChI=1S/C22H21N5O4/c1-22(12-11-15-7-3-2-4-8-15)20(30)27(21(31)24-22)25-18(28)13-26-14-23-17-10-6-5-9-16(17)19(26)29/h2-10,14H,11-13H2,1H3,(H,24,31)(H,25,28)/t22-/m1/s1. The Morgan fingerprint density at radius 1 is 1.06 bits per heavy atom. The highest BCUT2D eigenvalue weighted by molar-refractivity contribution is 6.07. The Labute approximate surface area is 177 Å². The fraction of sp³-hybridized carbons (Fsp3) is 0.227. The maximum atomic E-state index is 12.8. The zero-order valence-electron chi connectivity index (χ0n) is 16.9. The number of hydrogen-bond donors (Lipinski definition) is 2. The summed E-state index contributed by atoms with van der Waals surface area (Å²) in [6.07, 6.45) is 2.23. The van der Waals surface area contributed by atoms with Gasteiger partial charge in [0.1, 0.15) is 12.1 Å². The number of hydrogen-bond acceptors (Lipinski definition) is 5. The zero-order valence-corrected chi connectivity index (χ0v) is 16.9. The van der Waals surface area contributed by atoms with E-state index in [0.717, 1.165) is 10.1 Å². The molecule has 9 nitrogen and oxygen atoms in total. The van der Waals surface area contributed by atoms with Crippen LogP contribution in [0.4, 0.5) is 4.79 Å². The Morgan fingerprint density at radius 3 is 2.55 bits per heavy atom. The molecule has 0 radical (unpaired) electrons. The minimum Gasteiger partial charge on any atom is -0.322 e. The van der Waals surface area contributed by atoms with E-state index in [0.29, 0.717) is 28.8 Å². The van der Waals surface area contributed by atoms with Crippen molar-refractivity contribution in [3.05, 3.63) is 76.8 Å². The molecular weight excluding hydrogens is 398 g/mol. The number of para-hydroxylation sites is 1. The van der Waals surface area contributed by atoms with Crippen molar-refractivity contribution in [3.63, 3.8) is 0 Å². The Hall–Kier alpha value is -4.01. The van der Waals surface area contributed by atoms with Crippen LogP contribution in [0.15, 0.2) is 65.7 Å². The second kappa shape index (κ2) is 8.02. The van der Waals surface area contributed by atoms with Gasteiger partial charge < -0.3 is 5.32 Å². The fourth-order valence-corrected chi connectivity index (χ4v) is 3.53. The molecule has 2 heterocycles. The number of benzene rings is 2. The Kier molecular flexibility index (Phi) is 5.24. The van der Waals surface area contributed by atoms with E-state index in [9.17, 15) is 19.2 Å². The van der Waals surface area contributed by atoms with Gasteiger partial charge in [-0.15, -0.1) is 0 Å². The van der Waals surface area contributed by atoms with E-state index in [4.69, 9.17) is 0 Å². The molecule has 1 fully saturated rings. The molecule has 0 saturated carbocycles. The smallest absolute Gasteiger partial charge is 0.322 e. The van der Waals surface area contributed by atoms with Gasteiger partial charge in [0.25, 0.3) is 17.4 Å². The average Bonchev–Trinajstić information content (AvgIpc) is 2.98. The minimum absolute atomic E-state index is 0.376. The van der Waals surface area contributed by atoms with Gasteiger partial charge in [-0.3, -0.25) is 24.4 Å². The van der Waals surface area contributed by atoms with E-state index in [-0.39, 0.29) is 12.1 Å². The Morgan fingerprint density at radius 2 is 1.77 bits per heavy atom. The van der Waals surface area contributed by atoms with Crippen molar-refractivity contribution in [2.24, 2.45) is 0 Å². The monoisotopic (exact) mass is 419 g/mol. The average molecular weight is 419 g/mol. The predicted molar refractivity (Wildman–Crippen MR) is 113 cm³/mol. The van der Waals surface area contributed by atoms with Gasteiger partial charge in [-0.1, -0.05) is 42.5 Å². The number of aromatic nitrogens is 2. The number of aryl methyl sites for hydroxylation is 1. The fourth-order valence-electron chi connectivity index (χ4n) is 3.53. The van der Waals surface area contributed by atoms with E-state index in [1.165, 1.54) is 6.33 Å². The van der Waals surface area contributed by atoms with Crippen molar-refractivity contribution in [2.75, 3.05) is 0 Å². The second-order valence-electron chi connectivity index (χ2n) is 7.62. The van der Waals surface area contributed by atoms with Crippen molar-refractivity contribution in [1.29, 1.82) is 0 Å². The third kappa shape index (κ3) is 4.02. The first-order valence-electron chi connectivity index (χ1n) is 9.82. The first-order valence-corrected chi connectivity index (χ1v) is 9.82. The maximum Gasteiger partial charge on any atom is 0.344 e. The van der Waals surface area contributed by atoms with Crippen molar-refractivity contribution in [3.8, 4) is 0 Å². The highest BCUT2D eigenvalue weighted by Gasteiger charge is 2.48. The van der Waals surface area contributed by atoms with Crippen LogP contribution in [0.2, 0.25) is 0 Å². The third-order valence-corrected chi connectivity index (χ3v) is 5.30. The molecule has 0 unspecified atom stereocenters. The summed E-state index contributed by atoms with van der Waals surface area (Å²) in [5.74, 6) is -1.24.